The zero-order chi connectivity index (χ0) is 37.7. The Labute approximate surface area is 330 Å². The van der Waals surface area contributed by atoms with Gasteiger partial charge in [-0.15, -0.1) is 0 Å². The zero-order valence-corrected chi connectivity index (χ0v) is 31.0. The van der Waals surface area contributed by atoms with E-state index in [1.807, 2.05) is 24.3 Å². The summed E-state index contributed by atoms with van der Waals surface area (Å²) in [5.74, 6) is 0. The molecule has 0 spiro atoms. The minimum Gasteiger partial charge on any atom is -0.456 e. The van der Waals surface area contributed by atoms with Gasteiger partial charge in [0.15, 0.2) is 0 Å². The van der Waals surface area contributed by atoms with Crippen LogP contribution in [0.25, 0.3) is 88.4 Å². The molecule has 0 unspecified atom stereocenters. The lowest BCUT2D eigenvalue weighted by molar-refractivity contribution is 0.663. The van der Waals surface area contributed by atoms with E-state index >= 15 is 0 Å². The van der Waals surface area contributed by atoms with Crippen LogP contribution < -0.4 is 4.90 Å². The minimum absolute atomic E-state index is 0.859. The number of hydrogen-bond donors (Lipinski definition) is 0. The highest BCUT2D eigenvalue weighted by atomic mass is 16.3. The summed E-state index contributed by atoms with van der Waals surface area (Å²) in [6.45, 7) is 0. The molecule has 0 saturated heterocycles. The minimum atomic E-state index is 0.859. The maximum Gasteiger partial charge on any atom is 0.136 e. The molecular weight excluding hydrogens is 695 g/mol. The van der Waals surface area contributed by atoms with Crippen LogP contribution in [-0.4, -0.2) is 0 Å². The summed E-state index contributed by atoms with van der Waals surface area (Å²) in [5, 5.41) is 4.38. The Morgan fingerprint density at radius 2 is 0.719 bits per heavy atom. The number of benzene rings is 9. The Morgan fingerprint density at radius 1 is 0.281 bits per heavy atom. The molecule has 11 aromatic rings. The van der Waals surface area contributed by atoms with Gasteiger partial charge in [0.2, 0.25) is 0 Å². The Balaban J connectivity index is 0.970. The van der Waals surface area contributed by atoms with E-state index < -0.39 is 0 Å². The van der Waals surface area contributed by atoms with Crippen molar-refractivity contribution in [2.24, 2.45) is 0 Å². The lowest BCUT2D eigenvalue weighted by Gasteiger charge is -2.28. The first-order valence-electron chi connectivity index (χ1n) is 19.3. The second-order valence-electron chi connectivity index (χ2n) is 14.5. The van der Waals surface area contributed by atoms with Gasteiger partial charge in [-0.2, -0.15) is 0 Å². The van der Waals surface area contributed by atoms with Crippen LogP contribution in [0.1, 0.15) is 0 Å². The standard InChI is InChI=1S/C54H35NO2/c1-3-11-36(12-4-1)37-19-21-38(22-20-37)39-23-28-43(29-24-39)55(48-17-9-7-15-45(48)41-13-5-2-6-14-41)44-30-25-40(26-31-44)42-27-32-47-52(35-42)57-51-34-33-50-53(54(47)51)46-16-8-10-18-49(46)56-50/h1-35H. The molecular formula is C54H35NO2. The van der Waals surface area contributed by atoms with Crippen LogP contribution in [0.4, 0.5) is 17.1 Å². The Bertz CT molecular complexity index is 3200. The van der Waals surface area contributed by atoms with Crippen LogP contribution in [0.3, 0.4) is 0 Å². The van der Waals surface area contributed by atoms with Crippen LogP contribution >= 0.6 is 0 Å². The van der Waals surface area contributed by atoms with Gasteiger partial charge in [0, 0.05) is 38.5 Å². The number of hydrogen-bond acceptors (Lipinski definition) is 3. The van der Waals surface area contributed by atoms with Gasteiger partial charge in [-0.1, -0.05) is 152 Å². The molecule has 0 amide bonds. The molecule has 9 aromatic carbocycles. The summed E-state index contributed by atoms with van der Waals surface area (Å²) in [7, 11) is 0. The highest BCUT2D eigenvalue weighted by Crippen LogP contribution is 2.43. The van der Waals surface area contributed by atoms with E-state index in [0.29, 0.717) is 0 Å². The first-order valence-corrected chi connectivity index (χ1v) is 19.3. The van der Waals surface area contributed by atoms with E-state index in [1.165, 1.54) is 27.8 Å². The molecule has 0 atom stereocenters. The van der Waals surface area contributed by atoms with Crippen molar-refractivity contribution in [1.82, 2.24) is 0 Å². The number of anilines is 3. The zero-order valence-electron chi connectivity index (χ0n) is 31.0. The highest BCUT2D eigenvalue weighted by Gasteiger charge is 2.19. The topological polar surface area (TPSA) is 29.5 Å². The molecule has 3 heteroatoms. The first kappa shape index (κ1) is 32.8. The predicted octanol–water partition coefficient (Wildman–Crippen LogP) is 15.6. The van der Waals surface area contributed by atoms with Crippen LogP contribution in [0.5, 0.6) is 0 Å². The molecule has 3 nitrogen and oxygen atoms in total. The van der Waals surface area contributed by atoms with Gasteiger partial charge in [-0.05, 0) is 99.6 Å². The lowest BCUT2D eigenvalue weighted by Crippen LogP contribution is -2.11. The molecule has 57 heavy (non-hydrogen) atoms. The number of para-hydroxylation sites is 2. The van der Waals surface area contributed by atoms with Crippen molar-refractivity contribution >= 4 is 60.9 Å². The van der Waals surface area contributed by atoms with E-state index in [9.17, 15) is 0 Å². The van der Waals surface area contributed by atoms with Gasteiger partial charge >= 0.3 is 0 Å². The Hall–Kier alpha value is -7.62. The van der Waals surface area contributed by atoms with E-state index in [4.69, 9.17) is 8.83 Å². The van der Waals surface area contributed by atoms with E-state index in [0.717, 1.165) is 77.6 Å². The smallest absolute Gasteiger partial charge is 0.136 e. The van der Waals surface area contributed by atoms with E-state index in [1.54, 1.807) is 0 Å². The molecule has 0 fully saturated rings. The normalized spacial score (nSPS) is 11.5. The molecule has 0 aliphatic heterocycles. The lowest BCUT2D eigenvalue weighted by atomic mass is 9.99. The van der Waals surface area contributed by atoms with Crippen molar-refractivity contribution in [1.29, 1.82) is 0 Å². The summed E-state index contributed by atoms with van der Waals surface area (Å²) in [6.07, 6.45) is 0. The second kappa shape index (κ2) is 13.6. The summed E-state index contributed by atoms with van der Waals surface area (Å²) >= 11 is 0. The second-order valence-corrected chi connectivity index (χ2v) is 14.5. The molecule has 0 N–H and O–H groups in total. The third kappa shape index (κ3) is 5.76. The summed E-state index contributed by atoms with van der Waals surface area (Å²) in [4.78, 5) is 2.36. The van der Waals surface area contributed by atoms with Crippen molar-refractivity contribution < 1.29 is 8.83 Å². The molecule has 2 aromatic heterocycles. The molecule has 11 rings (SSSR count). The number of nitrogens with zero attached hydrogens (tertiary/aromatic N) is 1. The maximum atomic E-state index is 6.49. The number of furan rings is 2. The summed E-state index contributed by atoms with van der Waals surface area (Å²) in [5.41, 5.74) is 16.1. The van der Waals surface area contributed by atoms with Gasteiger partial charge in [0.1, 0.15) is 22.3 Å². The van der Waals surface area contributed by atoms with Crippen molar-refractivity contribution in [3.8, 4) is 44.5 Å². The van der Waals surface area contributed by atoms with E-state index in [-0.39, 0.29) is 0 Å². The fraction of sp³-hybridized carbons (Fsp3) is 0. The maximum absolute atomic E-state index is 6.49. The number of rotatable bonds is 7. The van der Waals surface area contributed by atoms with E-state index in [2.05, 4.69) is 193 Å². The fourth-order valence-electron chi connectivity index (χ4n) is 8.31. The van der Waals surface area contributed by atoms with Crippen LogP contribution in [0.15, 0.2) is 221 Å². The molecule has 268 valence electrons. The average molecular weight is 730 g/mol. The van der Waals surface area contributed by atoms with Gasteiger partial charge in [-0.3, -0.25) is 0 Å². The quantitative estimate of drug-likeness (QED) is 0.164. The van der Waals surface area contributed by atoms with Crippen LogP contribution in [0.2, 0.25) is 0 Å². The first-order chi connectivity index (χ1) is 28.2. The fourth-order valence-corrected chi connectivity index (χ4v) is 8.31. The molecule has 0 radical (unpaired) electrons. The highest BCUT2D eigenvalue weighted by molar-refractivity contribution is 6.25. The van der Waals surface area contributed by atoms with Gasteiger partial charge in [-0.25, -0.2) is 0 Å². The monoisotopic (exact) mass is 729 g/mol. The number of fused-ring (bicyclic) bond motifs is 7. The average Bonchev–Trinajstić information content (AvgIpc) is 3.86. The van der Waals surface area contributed by atoms with Crippen molar-refractivity contribution in [2.75, 3.05) is 4.90 Å². The molecule has 0 aliphatic carbocycles. The van der Waals surface area contributed by atoms with Crippen LogP contribution in [0, 0.1) is 0 Å². The summed E-state index contributed by atoms with van der Waals surface area (Å²) in [6, 6.07) is 75.2. The molecule has 0 bridgehead atoms. The van der Waals surface area contributed by atoms with Gasteiger partial charge < -0.3 is 13.7 Å². The Kier molecular flexibility index (Phi) is 7.82. The van der Waals surface area contributed by atoms with Gasteiger partial charge in [0.25, 0.3) is 0 Å². The van der Waals surface area contributed by atoms with Crippen molar-refractivity contribution in [3.63, 3.8) is 0 Å². The largest absolute Gasteiger partial charge is 0.456 e. The summed E-state index contributed by atoms with van der Waals surface area (Å²) < 4.78 is 12.7. The third-order valence-electron chi connectivity index (χ3n) is 11.1. The predicted molar refractivity (Wildman–Crippen MR) is 237 cm³/mol. The third-order valence-corrected chi connectivity index (χ3v) is 11.1. The van der Waals surface area contributed by atoms with Crippen molar-refractivity contribution in [3.05, 3.63) is 212 Å². The van der Waals surface area contributed by atoms with Crippen molar-refractivity contribution in [2.45, 2.75) is 0 Å². The molecule has 0 saturated carbocycles. The van der Waals surface area contributed by atoms with Crippen LogP contribution in [-0.2, 0) is 0 Å². The molecule has 2 heterocycles. The van der Waals surface area contributed by atoms with Gasteiger partial charge in [0.05, 0.1) is 5.69 Å². The SMILES string of the molecule is c1ccc(-c2ccc(-c3ccc(N(c4ccc(-c5ccc6c(c5)oc5ccc7oc8ccccc8c7c56)cc4)c4ccccc4-c4ccccc4)cc3)cc2)cc1. The Morgan fingerprint density at radius 3 is 1.35 bits per heavy atom. The molecule has 0 aliphatic rings.